The minimum Gasteiger partial charge on any atom is -0.508 e. The Bertz CT molecular complexity index is 930. The Morgan fingerprint density at radius 1 is 0.808 bits per heavy atom. The molecule has 4 N–H and O–H groups in total. The van der Waals surface area contributed by atoms with Gasteiger partial charge in [0.2, 0.25) is 0 Å². The number of rotatable bonds is 4. The van der Waals surface area contributed by atoms with Crippen molar-refractivity contribution >= 4 is 5.97 Å². The highest BCUT2D eigenvalue weighted by Crippen LogP contribution is 2.38. The molecule has 132 valence electrons. The van der Waals surface area contributed by atoms with Crippen molar-refractivity contribution in [3.8, 4) is 34.1 Å². The molecule has 0 spiro atoms. The number of carbonyl (C=O) groups excluding carboxylic acids is 1. The van der Waals surface area contributed by atoms with Crippen LogP contribution >= 0.6 is 0 Å². The molecule has 0 aliphatic rings. The summed E-state index contributed by atoms with van der Waals surface area (Å²) in [6.45, 7) is 0.0300. The molecule has 0 atom stereocenters. The Balaban J connectivity index is 1.91. The van der Waals surface area contributed by atoms with Crippen LogP contribution in [0, 0.1) is 0 Å². The molecule has 0 bridgehead atoms. The highest BCUT2D eigenvalue weighted by Gasteiger charge is 2.18. The van der Waals surface area contributed by atoms with Crippen molar-refractivity contribution in [1.82, 2.24) is 0 Å². The summed E-state index contributed by atoms with van der Waals surface area (Å²) in [6, 6.07) is 15.1. The second-order valence-electron chi connectivity index (χ2n) is 5.69. The zero-order valence-corrected chi connectivity index (χ0v) is 13.6. The Morgan fingerprint density at radius 3 is 2.12 bits per heavy atom. The number of phenolic OH excluding ortho intramolecular Hbond substituents is 4. The van der Waals surface area contributed by atoms with Crippen LogP contribution in [0.1, 0.15) is 15.9 Å². The van der Waals surface area contributed by atoms with Gasteiger partial charge in [-0.1, -0.05) is 30.3 Å². The molecule has 26 heavy (non-hydrogen) atoms. The maximum Gasteiger partial charge on any atom is 0.342 e. The lowest BCUT2D eigenvalue weighted by Crippen LogP contribution is -2.06. The van der Waals surface area contributed by atoms with E-state index >= 15 is 0 Å². The maximum absolute atomic E-state index is 12.3. The van der Waals surface area contributed by atoms with Gasteiger partial charge in [0.25, 0.3) is 0 Å². The van der Waals surface area contributed by atoms with Gasteiger partial charge in [0.1, 0.15) is 35.2 Å². The van der Waals surface area contributed by atoms with Crippen LogP contribution in [0.25, 0.3) is 11.1 Å². The largest absolute Gasteiger partial charge is 0.508 e. The number of hydrogen-bond acceptors (Lipinski definition) is 6. The van der Waals surface area contributed by atoms with Gasteiger partial charge < -0.3 is 25.2 Å². The van der Waals surface area contributed by atoms with E-state index in [1.54, 1.807) is 12.1 Å². The maximum atomic E-state index is 12.3. The van der Waals surface area contributed by atoms with E-state index in [2.05, 4.69) is 0 Å². The molecule has 0 fully saturated rings. The molecule has 0 saturated carbocycles. The first-order valence-corrected chi connectivity index (χ1v) is 7.74. The van der Waals surface area contributed by atoms with Gasteiger partial charge in [-0.15, -0.1) is 0 Å². The van der Waals surface area contributed by atoms with E-state index in [0.29, 0.717) is 0 Å². The van der Waals surface area contributed by atoms with Gasteiger partial charge >= 0.3 is 5.97 Å². The zero-order chi connectivity index (χ0) is 18.7. The molecule has 6 heteroatoms. The fraction of sp³-hybridized carbons (Fsp3) is 0.0500. The van der Waals surface area contributed by atoms with Crippen molar-refractivity contribution < 1.29 is 30.0 Å². The van der Waals surface area contributed by atoms with Crippen molar-refractivity contribution in [3.63, 3.8) is 0 Å². The van der Waals surface area contributed by atoms with Gasteiger partial charge in [0.05, 0.1) is 0 Å². The summed E-state index contributed by atoms with van der Waals surface area (Å²) in [5.74, 6) is -1.93. The van der Waals surface area contributed by atoms with Crippen molar-refractivity contribution in [1.29, 1.82) is 0 Å². The second kappa shape index (κ2) is 7.06. The van der Waals surface area contributed by atoms with E-state index in [-0.39, 0.29) is 40.5 Å². The highest BCUT2D eigenvalue weighted by atomic mass is 16.5. The van der Waals surface area contributed by atoms with E-state index in [9.17, 15) is 25.2 Å². The minimum atomic E-state index is -0.767. The van der Waals surface area contributed by atoms with E-state index in [4.69, 9.17) is 4.74 Å². The van der Waals surface area contributed by atoms with Gasteiger partial charge in [-0.3, -0.25) is 0 Å². The van der Waals surface area contributed by atoms with Crippen LogP contribution in [0.2, 0.25) is 0 Å². The van der Waals surface area contributed by atoms with Crippen LogP contribution in [0.4, 0.5) is 0 Å². The lowest BCUT2D eigenvalue weighted by Gasteiger charge is -2.11. The predicted molar refractivity (Wildman–Crippen MR) is 94.1 cm³/mol. The molecule has 0 amide bonds. The number of carbonyl (C=O) groups is 1. The van der Waals surface area contributed by atoms with E-state index < -0.39 is 11.7 Å². The molecule has 3 aromatic carbocycles. The number of ether oxygens (including phenoxy) is 1. The molecule has 0 radical (unpaired) electrons. The topological polar surface area (TPSA) is 107 Å². The fourth-order valence-electron chi connectivity index (χ4n) is 2.52. The summed E-state index contributed by atoms with van der Waals surface area (Å²) in [7, 11) is 0. The monoisotopic (exact) mass is 352 g/mol. The molecular formula is C20H16O6. The lowest BCUT2D eigenvalue weighted by atomic mass is 10.0. The van der Waals surface area contributed by atoms with E-state index in [1.807, 2.05) is 18.2 Å². The molecule has 0 saturated heterocycles. The zero-order valence-electron chi connectivity index (χ0n) is 13.6. The summed E-state index contributed by atoms with van der Waals surface area (Å²) < 4.78 is 5.19. The second-order valence-corrected chi connectivity index (χ2v) is 5.69. The van der Waals surface area contributed by atoms with Crippen LogP contribution in [0.15, 0.2) is 60.7 Å². The van der Waals surface area contributed by atoms with Crippen LogP contribution in [-0.2, 0) is 11.3 Å². The number of hydrogen-bond donors (Lipinski definition) is 4. The number of phenols is 4. The SMILES string of the molecule is O=C(OCc1ccccc1)c1cc(-c2cc(O)cc(O)c2)c(O)cc1O. The first kappa shape index (κ1) is 17.2. The third-order valence-electron chi connectivity index (χ3n) is 3.76. The third-order valence-corrected chi connectivity index (χ3v) is 3.76. The standard InChI is InChI=1S/C20H16O6/c21-14-6-13(7-15(22)8-14)16-9-17(19(24)10-18(16)23)20(25)26-11-12-4-2-1-3-5-12/h1-10,21-24H,11H2. The summed E-state index contributed by atoms with van der Waals surface area (Å²) in [5.41, 5.74) is 1.08. The van der Waals surface area contributed by atoms with E-state index in [0.717, 1.165) is 17.7 Å². The van der Waals surface area contributed by atoms with Gasteiger partial charge in [-0.2, -0.15) is 0 Å². The van der Waals surface area contributed by atoms with Crippen molar-refractivity contribution in [3.05, 3.63) is 71.8 Å². The number of aromatic hydroxyl groups is 4. The predicted octanol–water partition coefficient (Wildman–Crippen LogP) is 3.53. The number of benzene rings is 3. The normalized spacial score (nSPS) is 10.5. The van der Waals surface area contributed by atoms with Crippen LogP contribution in [0.3, 0.4) is 0 Å². The Kier molecular flexibility index (Phi) is 4.66. The van der Waals surface area contributed by atoms with E-state index in [1.165, 1.54) is 18.2 Å². The highest BCUT2D eigenvalue weighted by molar-refractivity contribution is 5.95. The fourth-order valence-corrected chi connectivity index (χ4v) is 2.52. The summed E-state index contributed by atoms with van der Waals surface area (Å²) in [5, 5.41) is 39.3. The summed E-state index contributed by atoms with van der Waals surface area (Å²) in [4.78, 5) is 12.3. The van der Waals surface area contributed by atoms with Crippen molar-refractivity contribution in [2.24, 2.45) is 0 Å². The van der Waals surface area contributed by atoms with Crippen LogP contribution < -0.4 is 0 Å². The van der Waals surface area contributed by atoms with Gasteiger partial charge in [0, 0.05) is 17.7 Å². The van der Waals surface area contributed by atoms with Crippen LogP contribution in [-0.4, -0.2) is 26.4 Å². The smallest absolute Gasteiger partial charge is 0.342 e. The molecule has 0 aliphatic heterocycles. The van der Waals surface area contributed by atoms with Gasteiger partial charge in [-0.25, -0.2) is 4.79 Å². The Hall–Kier alpha value is -3.67. The first-order valence-electron chi connectivity index (χ1n) is 7.74. The molecule has 0 heterocycles. The molecule has 0 unspecified atom stereocenters. The van der Waals surface area contributed by atoms with Gasteiger partial charge in [-0.05, 0) is 29.3 Å². The first-order chi connectivity index (χ1) is 12.4. The number of esters is 1. The average Bonchev–Trinajstić information content (AvgIpc) is 2.60. The summed E-state index contributed by atoms with van der Waals surface area (Å²) >= 11 is 0. The van der Waals surface area contributed by atoms with Gasteiger partial charge in [0.15, 0.2) is 0 Å². The molecule has 3 rings (SSSR count). The average molecular weight is 352 g/mol. The Morgan fingerprint density at radius 2 is 1.46 bits per heavy atom. The molecule has 3 aromatic rings. The third kappa shape index (κ3) is 3.70. The quantitative estimate of drug-likeness (QED) is 0.535. The summed E-state index contributed by atoms with van der Waals surface area (Å²) in [6.07, 6.45) is 0. The molecular weight excluding hydrogens is 336 g/mol. The molecule has 6 nitrogen and oxygen atoms in total. The molecule has 0 aromatic heterocycles. The Labute approximate surface area is 149 Å². The van der Waals surface area contributed by atoms with Crippen LogP contribution in [0.5, 0.6) is 23.0 Å². The molecule has 0 aliphatic carbocycles. The minimum absolute atomic E-state index is 0.0300. The van der Waals surface area contributed by atoms with Crippen molar-refractivity contribution in [2.45, 2.75) is 6.61 Å². The van der Waals surface area contributed by atoms with Crippen molar-refractivity contribution in [2.75, 3.05) is 0 Å². The lowest BCUT2D eigenvalue weighted by molar-refractivity contribution is 0.0469.